The van der Waals surface area contributed by atoms with Crippen molar-refractivity contribution in [3.8, 4) is 5.82 Å². The first kappa shape index (κ1) is 7.51. The molecule has 0 spiro atoms. The van der Waals surface area contributed by atoms with Crippen molar-refractivity contribution >= 4 is 0 Å². The maximum atomic E-state index is 5.08. The molecule has 3 heterocycles. The number of aromatic nitrogens is 6. The van der Waals surface area contributed by atoms with Crippen LogP contribution in [0.2, 0.25) is 0 Å². The van der Waals surface area contributed by atoms with Crippen LogP contribution in [0.1, 0.15) is 11.8 Å². The van der Waals surface area contributed by atoms with Crippen LogP contribution in [-0.4, -0.2) is 36.8 Å². The lowest BCUT2D eigenvalue weighted by Crippen LogP contribution is -2.00. The van der Waals surface area contributed by atoms with E-state index in [1.807, 2.05) is 0 Å². The molecule has 1 aliphatic rings. The summed E-state index contributed by atoms with van der Waals surface area (Å²) in [6.45, 7) is 0.735. The van der Waals surface area contributed by atoms with Crippen LogP contribution < -0.4 is 0 Å². The molecule has 0 aromatic carbocycles. The molecule has 1 atom stereocenters. The van der Waals surface area contributed by atoms with Crippen molar-refractivity contribution in [2.45, 2.75) is 6.10 Å². The average Bonchev–Trinajstić information content (AvgIpc) is 2.94. The van der Waals surface area contributed by atoms with Crippen LogP contribution >= 0.6 is 0 Å². The Balaban J connectivity index is 1.93. The molecule has 0 amide bonds. The van der Waals surface area contributed by atoms with E-state index in [1.54, 1.807) is 12.4 Å². The van der Waals surface area contributed by atoms with Crippen LogP contribution in [0.4, 0.5) is 0 Å². The third-order valence-electron chi connectivity index (χ3n) is 1.91. The number of ether oxygens (including phenoxy) is 1. The molecular formula is C7H6N6O. The third kappa shape index (κ3) is 1.23. The van der Waals surface area contributed by atoms with E-state index in [1.165, 1.54) is 11.0 Å². The minimum atomic E-state index is 0.130. The van der Waals surface area contributed by atoms with Crippen LogP contribution in [0.25, 0.3) is 5.82 Å². The minimum Gasteiger partial charge on any atom is -0.366 e. The van der Waals surface area contributed by atoms with Gasteiger partial charge in [0.2, 0.25) is 0 Å². The first-order valence-electron chi connectivity index (χ1n) is 4.10. The summed E-state index contributed by atoms with van der Waals surface area (Å²) in [4.78, 5) is 8.35. The lowest BCUT2D eigenvalue weighted by Gasteiger charge is -1.97. The molecule has 14 heavy (non-hydrogen) atoms. The summed E-state index contributed by atoms with van der Waals surface area (Å²) in [6.07, 6.45) is 4.89. The Morgan fingerprint density at radius 3 is 2.86 bits per heavy atom. The highest BCUT2D eigenvalue weighted by Gasteiger charge is 2.26. The van der Waals surface area contributed by atoms with Gasteiger partial charge in [0, 0.05) is 0 Å². The highest BCUT2D eigenvalue weighted by Crippen LogP contribution is 2.27. The van der Waals surface area contributed by atoms with Gasteiger partial charge in [0.25, 0.3) is 0 Å². The Labute approximate surface area is 78.7 Å². The Bertz CT molecular complexity index is 420. The lowest BCUT2D eigenvalue weighted by atomic mass is 10.3. The van der Waals surface area contributed by atoms with Crippen molar-refractivity contribution in [3.05, 3.63) is 24.4 Å². The normalized spacial score (nSPS) is 19.6. The van der Waals surface area contributed by atoms with Crippen molar-refractivity contribution in [2.24, 2.45) is 0 Å². The van der Waals surface area contributed by atoms with Crippen molar-refractivity contribution in [2.75, 3.05) is 6.61 Å². The summed E-state index contributed by atoms with van der Waals surface area (Å²) in [5.41, 5.74) is 0.849. The fourth-order valence-electron chi connectivity index (χ4n) is 1.10. The molecule has 70 valence electrons. The van der Waals surface area contributed by atoms with Gasteiger partial charge >= 0.3 is 0 Å². The first-order chi connectivity index (χ1) is 6.93. The Kier molecular flexibility index (Phi) is 1.51. The van der Waals surface area contributed by atoms with E-state index in [4.69, 9.17) is 4.74 Å². The molecule has 1 fully saturated rings. The molecule has 1 saturated heterocycles. The smallest absolute Gasteiger partial charge is 0.175 e. The minimum absolute atomic E-state index is 0.130. The Hall–Kier alpha value is -1.89. The van der Waals surface area contributed by atoms with Gasteiger partial charge in [-0.25, -0.2) is 4.98 Å². The highest BCUT2D eigenvalue weighted by molar-refractivity contribution is 5.17. The summed E-state index contributed by atoms with van der Waals surface area (Å²) >= 11 is 0. The predicted molar refractivity (Wildman–Crippen MR) is 43.4 cm³/mol. The SMILES string of the molecule is c1nc(-n2cnnn2)cnc1[C@@H]1CO1. The van der Waals surface area contributed by atoms with Crippen LogP contribution in [0.15, 0.2) is 18.7 Å². The average molecular weight is 190 g/mol. The van der Waals surface area contributed by atoms with E-state index in [9.17, 15) is 0 Å². The number of nitrogens with zero attached hydrogens (tertiary/aromatic N) is 6. The second-order valence-corrected chi connectivity index (χ2v) is 2.88. The van der Waals surface area contributed by atoms with Crippen LogP contribution in [0.5, 0.6) is 0 Å². The van der Waals surface area contributed by atoms with Gasteiger partial charge in [0.1, 0.15) is 12.4 Å². The van der Waals surface area contributed by atoms with Gasteiger partial charge in [-0.3, -0.25) is 4.98 Å². The standard InChI is InChI=1S/C7H6N6O/c1-5(6-3-14-6)8-2-7(9-1)13-4-10-11-12-13/h1-2,4,6H,3H2/t6-/m0/s1. The number of tetrazole rings is 1. The molecule has 7 nitrogen and oxygen atoms in total. The largest absolute Gasteiger partial charge is 0.366 e. The molecule has 2 aromatic heterocycles. The van der Waals surface area contributed by atoms with Crippen LogP contribution in [0.3, 0.4) is 0 Å². The van der Waals surface area contributed by atoms with Gasteiger partial charge in [-0.05, 0) is 10.4 Å². The van der Waals surface area contributed by atoms with Gasteiger partial charge < -0.3 is 4.74 Å². The van der Waals surface area contributed by atoms with E-state index < -0.39 is 0 Å². The summed E-state index contributed by atoms with van der Waals surface area (Å²) in [5.74, 6) is 0.597. The fourth-order valence-corrected chi connectivity index (χ4v) is 1.10. The third-order valence-corrected chi connectivity index (χ3v) is 1.91. The predicted octanol–water partition coefficient (Wildman–Crippen LogP) is -0.476. The van der Waals surface area contributed by atoms with Gasteiger partial charge in [0.15, 0.2) is 5.82 Å². The molecule has 0 aliphatic carbocycles. The quantitative estimate of drug-likeness (QED) is 0.595. The second-order valence-electron chi connectivity index (χ2n) is 2.88. The second kappa shape index (κ2) is 2.81. The number of rotatable bonds is 2. The summed E-state index contributed by atoms with van der Waals surface area (Å²) in [7, 11) is 0. The van der Waals surface area contributed by atoms with E-state index in [-0.39, 0.29) is 6.10 Å². The Morgan fingerprint density at radius 1 is 1.36 bits per heavy atom. The van der Waals surface area contributed by atoms with E-state index in [2.05, 4.69) is 25.5 Å². The molecule has 0 radical (unpaired) electrons. The summed E-state index contributed by atoms with van der Waals surface area (Å²) in [6, 6.07) is 0. The number of epoxide rings is 1. The van der Waals surface area contributed by atoms with Crippen molar-refractivity contribution in [3.63, 3.8) is 0 Å². The van der Waals surface area contributed by atoms with Crippen molar-refractivity contribution < 1.29 is 4.74 Å². The van der Waals surface area contributed by atoms with Gasteiger partial charge in [-0.2, -0.15) is 4.68 Å². The van der Waals surface area contributed by atoms with Crippen molar-refractivity contribution in [1.82, 2.24) is 30.2 Å². The topological polar surface area (TPSA) is 81.9 Å². The first-order valence-corrected chi connectivity index (χ1v) is 4.10. The van der Waals surface area contributed by atoms with E-state index in [0.717, 1.165) is 12.3 Å². The summed E-state index contributed by atoms with van der Waals surface area (Å²) < 4.78 is 6.52. The molecule has 0 bridgehead atoms. The van der Waals surface area contributed by atoms with Gasteiger partial charge in [-0.1, -0.05) is 0 Å². The van der Waals surface area contributed by atoms with Crippen LogP contribution in [-0.2, 0) is 4.74 Å². The van der Waals surface area contributed by atoms with Crippen LogP contribution in [0, 0.1) is 0 Å². The number of hydrogen-bond donors (Lipinski definition) is 0. The molecule has 0 saturated carbocycles. The van der Waals surface area contributed by atoms with Crippen molar-refractivity contribution in [1.29, 1.82) is 0 Å². The van der Waals surface area contributed by atoms with Gasteiger partial charge in [-0.15, -0.1) is 5.10 Å². The summed E-state index contributed by atoms with van der Waals surface area (Å²) in [5, 5.41) is 10.7. The maximum absolute atomic E-state index is 5.08. The lowest BCUT2D eigenvalue weighted by molar-refractivity contribution is 0.410. The molecule has 0 unspecified atom stereocenters. The maximum Gasteiger partial charge on any atom is 0.175 e. The highest BCUT2D eigenvalue weighted by atomic mass is 16.6. The van der Waals surface area contributed by atoms with E-state index >= 15 is 0 Å². The zero-order valence-electron chi connectivity index (χ0n) is 7.11. The van der Waals surface area contributed by atoms with E-state index in [0.29, 0.717) is 5.82 Å². The molecular weight excluding hydrogens is 184 g/mol. The van der Waals surface area contributed by atoms with Gasteiger partial charge in [0.05, 0.1) is 24.7 Å². The molecule has 2 aromatic rings. The number of hydrogen-bond acceptors (Lipinski definition) is 6. The fraction of sp³-hybridized carbons (Fsp3) is 0.286. The molecule has 7 heteroatoms. The molecule has 3 rings (SSSR count). The molecule has 0 N–H and O–H groups in total. The molecule has 1 aliphatic heterocycles. The zero-order valence-corrected chi connectivity index (χ0v) is 7.11. The zero-order chi connectivity index (χ0) is 9.38. The Morgan fingerprint density at radius 2 is 2.29 bits per heavy atom. The monoisotopic (exact) mass is 190 g/mol.